The van der Waals surface area contributed by atoms with Gasteiger partial charge >= 0.3 is 0 Å². The fraction of sp³-hybridized carbons (Fsp3) is 0.353. The van der Waals surface area contributed by atoms with Gasteiger partial charge in [0.2, 0.25) is 5.91 Å². The number of benzene rings is 1. The van der Waals surface area contributed by atoms with Crippen LogP contribution in [0.25, 0.3) is 0 Å². The summed E-state index contributed by atoms with van der Waals surface area (Å²) in [5.41, 5.74) is 1.02. The van der Waals surface area contributed by atoms with Crippen LogP contribution < -0.4 is 20.7 Å². The number of anilines is 2. The van der Waals surface area contributed by atoms with Crippen LogP contribution in [0.4, 0.5) is 10.8 Å². The molecule has 0 saturated carbocycles. The predicted octanol–water partition coefficient (Wildman–Crippen LogP) is 1.30. The lowest BCUT2D eigenvalue weighted by Crippen LogP contribution is -2.39. The van der Waals surface area contributed by atoms with E-state index in [1.807, 2.05) is 43.3 Å². The molecule has 1 aromatic carbocycles. The molecule has 2 rings (SSSR count). The van der Waals surface area contributed by atoms with Gasteiger partial charge in [-0.15, -0.1) is 11.3 Å². The highest BCUT2D eigenvalue weighted by molar-refractivity contribution is 7.14. The minimum absolute atomic E-state index is 0.0843. The number of nitrogens with one attached hydrogen (secondary N) is 3. The van der Waals surface area contributed by atoms with E-state index in [1.165, 1.54) is 11.3 Å². The van der Waals surface area contributed by atoms with Crippen LogP contribution in [0.1, 0.15) is 10.5 Å². The minimum atomic E-state index is -0.392. The molecule has 26 heavy (non-hydrogen) atoms. The zero-order valence-corrected chi connectivity index (χ0v) is 15.9. The Labute approximate surface area is 156 Å². The van der Waals surface area contributed by atoms with Crippen LogP contribution in [0.3, 0.4) is 0 Å². The average Bonchev–Trinajstić information content (AvgIpc) is 3.08. The molecule has 1 heterocycles. The minimum Gasteiger partial charge on any atom is -0.495 e. The Morgan fingerprint density at radius 2 is 2.00 bits per heavy atom. The zero-order valence-electron chi connectivity index (χ0n) is 15.0. The number of hydrogen-bond acceptors (Lipinski definition) is 7. The lowest BCUT2D eigenvalue weighted by molar-refractivity contribution is -0.120. The Hall–Kier alpha value is -2.65. The summed E-state index contributed by atoms with van der Waals surface area (Å²) in [6, 6.07) is 7.44. The molecule has 9 heteroatoms. The van der Waals surface area contributed by atoms with E-state index in [0.29, 0.717) is 17.4 Å². The van der Waals surface area contributed by atoms with E-state index < -0.39 is 5.91 Å². The van der Waals surface area contributed by atoms with Crippen molar-refractivity contribution in [2.24, 2.45) is 0 Å². The van der Waals surface area contributed by atoms with Gasteiger partial charge in [-0.05, 0) is 26.2 Å². The Morgan fingerprint density at radius 1 is 1.23 bits per heavy atom. The molecule has 8 nitrogen and oxygen atoms in total. The Kier molecular flexibility index (Phi) is 7.37. The molecule has 0 atom stereocenters. The first kappa shape index (κ1) is 19.7. The van der Waals surface area contributed by atoms with Crippen molar-refractivity contribution in [3.8, 4) is 5.75 Å². The lowest BCUT2D eigenvalue weighted by Gasteiger charge is -2.10. The highest BCUT2D eigenvalue weighted by atomic mass is 32.1. The van der Waals surface area contributed by atoms with Gasteiger partial charge in [0.05, 0.1) is 19.3 Å². The number of amides is 2. The first-order chi connectivity index (χ1) is 12.5. The number of thiazole rings is 1. The molecule has 0 aliphatic heterocycles. The number of aromatic nitrogens is 1. The average molecular weight is 377 g/mol. The zero-order chi connectivity index (χ0) is 18.9. The summed E-state index contributed by atoms with van der Waals surface area (Å²) >= 11 is 1.30. The molecule has 1 aromatic heterocycles. The van der Waals surface area contributed by atoms with Gasteiger partial charge in [-0.3, -0.25) is 9.59 Å². The summed E-state index contributed by atoms with van der Waals surface area (Å²) in [5, 5.41) is 10.6. The van der Waals surface area contributed by atoms with Gasteiger partial charge < -0.3 is 25.6 Å². The normalized spacial score (nSPS) is 10.5. The topological polar surface area (TPSA) is 95.6 Å². The van der Waals surface area contributed by atoms with Crippen molar-refractivity contribution in [2.45, 2.75) is 0 Å². The van der Waals surface area contributed by atoms with Crippen molar-refractivity contribution >= 4 is 34.0 Å². The maximum atomic E-state index is 12.1. The second kappa shape index (κ2) is 9.73. The van der Waals surface area contributed by atoms with E-state index in [4.69, 9.17) is 4.74 Å². The van der Waals surface area contributed by atoms with Gasteiger partial charge in [0.1, 0.15) is 11.4 Å². The molecule has 0 saturated heterocycles. The van der Waals surface area contributed by atoms with Crippen LogP contribution in [0.2, 0.25) is 0 Å². The number of para-hydroxylation sites is 2. The second-order valence-corrected chi connectivity index (χ2v) is 6.56. The lowest BCUT2D eigenvalue weighted by atomic mass is 10.3. The third-order valence-electron chi connectivity index (χ3n) is 3.38. The molecular formula is C17H23N5O3S. The van der Waals surface area contributed by atoms with Crippen molar-refractivity contribution in [1.82, 2.24) is 20.5 Å². The summed E-state index contributed by atoms with van der Waals surface area (Å²) in [6.07, 6.45) is 0. The summed E-state index contributed by atoms with van der Waals surface area (Å²) in [6.45, 7) is 1.19. The molecule has 2 aromatic rings. The fourth-order valence-electron chi connectivity index (χ4n) is 2.03. The first-order valence-electron chi connectivity index (χ1n) is 8.05. The summed E-state index contributed by atoms with van der Waals surface area (Å²) in [5.74, 6) is 0.0583. The van der Waals surface area contributed by atoms with Crippen molar-refractivity contribution in [1.29, 1.82) is 0 Å². The molecule has 140 valence electrons. The van der Waals surface area contributed by atoms with Crippen molar-refractivity contribution in [2.75, 3.05) is 46.2 Å². The molecule has 3 N–H and O–H groups in total. The molecule has 0 bridgehead atoms. The van der Waals surface area contributed by atoms with Gasteiger partial charge in [-0.1, -0.05) is 12.1 Å². The van der Waals surface area contributed by atoms with Gasteiger partial charge in [0.15, 0.2) is 5.13 Å². The molecule has 0 aliphatic carbocycles. The van der Waals surface area contributed by atoms with E-state index in [1.54, 1.807) is 12.5 Å². The van der Waals surface area contributed by atoms with Gasteiger partial charge in [-0.25, -0.2) is 4.98 Å². The Balaban J connectivity index is 1.84. The number of rotatable bonds is 9. The van der Waals surface area contributed by atoms with Crippen molar-refractivity contribution < 1.29 is 14.3 Å². The largest absolute Gasteiger partial charge is 0.495 e. The molecule has 2 amide bonds. The van der Waals surface area contributed by atoms with Crippen LogP contribution in [0.5, 0.6) is 5.75 Å². The maximum absolute atomic E-state index is 12.1. The van der Waals surface area contributed by atoms with Crippen LogP contribution >= 0.6 is 11.3 Å². The van der Waals surface area contributed by atoms with E-state index in [2.05, 4.69) is 20.9 Å². The molecule has 0 radical (unpaired) electrons. The Bertz CT molecular complexity index is 748. The molecule has 0 unspecified atom stereocenters. The highest BCUT2D eigenvalue weighted by Crippen LogP contribution is 2.28. The molecule has 0 spiro atoms. The van der Waals surface area contributed by atoms with E-state index in [9.17, 15) is 9.59 Å². The van der Waals surface area contributed by atoms with Gasteiger partial charge in [0.25, 0.3) is 5.91 Å². The molecular weight excluding hydrogens is 354 g/mol. The fourth-order valence-corrected chi connectivity index (χ4v) is 2.73. The molecule has 0 aliphatic rings. The third-order valence-corrected chi connectivity index (χ3v) is 4.13. The second-order valence-electron chi connectivity index (χ2n) is 5.70. The summed E-state index contributed by atoms with van der Waals surface area (Å²) in [7, 11) is 5.43. The maximum Gasteiger partial charge on any atom is 0.271 e. The summed E-state index contributed by atoms with van der Waals surface area (Å²) < 4.78 is 5.27. The number of hydrogen-bond donors (Lipinski definition) is 3. The SMILES string of the molecule is COc1ccccc1Nc1nc(C(=O)NCC(=O)NCCN(C)C)cs1. The highest BCUT2D eigenvalue weighted by Gasteiger charge is 2.13. The van der Waals surface area contributed by atoms with Crippen molar-refractivity contribution in [3.63, 3.8) is 0 Å². The van der Waals surface area contributed by atoms with E-state index in [-0.39, 0.29) is 18.1 Å². The number of nitrogens with zero attached hydrogens (tertiary/aromatic N) is 2. The predicted molar refractivity (Wildman–Crippen MR) is 102 cm³/mol. The van der Waals surface area contributed by atoms with E-state index >= 15 is 0 Å². The number of carbonyl (C=O) groups is 2. The molecule has 0 fully saturated rings. The number of carbonyl (C=O) groups excluding carboxylic acids is 2. The number of ether oxygens (including phenoxy) is 1. The van der Waals surface area contributed by atoms with Crippen LogP contribution in [-0.2, 0) is 4.79 Å². The number of methoxy groups -OCH3 is 1. The van der Waals surface area contributed by atoms with Crippen LogP contribution in [0.15, 0.2) is 29.6 Å². The smallest absolute Gasteiger partial charge is 0.271 e. The monoisotopic (exact) mass is 377 g/mol. The Morgan fingerprint density at radius 3 is 2.73 bits per heavy atom. The number of likely N-dealkylation sites (N-methyl/N-ethyl adjacent to an activating group) is 1. The van der Waals surface area contributed by atoms with Gasteiger partial charge in [0, 0.05) is 18.5 Å². The van der Waals surface area contributed by atoms with E-state index in [0.717, 1.165) is 12.2 Å². The summed E-state index contributed by atoms with van der Waals surface area (Å²) in [4.78, 5) is 30.0. The first-order valence-corrected chi connectivity index (χ1v) is 8.92. The van der Waals surface area contributed by atoms with Crippen LogP contribution in [0, 0.1) is 0 Å². The quantitative estimate of drug-likeness (QED) is 0.610. The van der Waals surface area contributed by atoms with Gasteiger partial charge in [-0.2, -0.15) is 0 Å². The third kappa shape index (κ3) is 6.01. The van der Waals surface area contributed by atoms with Crippen LogP contribution in [-0.4, -0.2) is 62.5 Å². The standard InChI is InChI=1S/C17H23N5O3S/c1-22(2)9-8-18-15(23)10-19-16(24)13-11-26-17(21-13)20-12-6-4-5-7-14(12)25-3/h4-7,11H,8-10H2,1-3H3,(H,18,23)(H,19,24)(H,20,21). The van der Waals surface area contributed by atoms with Crippen molar-refractivity contribution in [3.05, 3.63) is 35.3 Å².